The van der Waals surface area contributed by atoms with Gasteiger partial charge in [0.25, 0.3) is 0 Å². The number of aromatic hydroxyl groups is 1. The molecule has 1 fully saturated rings. The van der Waals surface area contributed by atoms with Crippen molar-refractivity contribution < 1.29 is 5.11 Å². The Morgan fingerprint density at radius 2 is 1.90 bits per heavy atom. The molecule has 112 valence electrons. The number of rotatable bonds is 7. The Morgan fingerprint density at radius 1 is 1.10 bits per heavy atom. The van der Waals surface area contributed by atoms with Gasteiger partial charge < -0.3 is 10.4 Å². The van der Waals surface area contributed by atoms with Crippen molar-refractivity contribution in [1.82, 2.24) is 5.32 Å². The van der Waals surface area contributed by atoms with E-state index in [0.717, 1.165) is 6.54 Å². The number of unbranched alkanes of at least 4 members (excludes halogenated alkanes) is 3. The first kappa shape index (κ1) is 15.4. The van der Waals surface area contributed by atoms with Crippen LogP contribution in [0.1, 0.15) is 70.3 Å². The van der Waals surface area contributed by atoms with Gasteiger partial charge in [-0.1, -0.05) is 57.6 Å². The average molecular weight is 275 g/mol. The fourth-order valence-electron chi connectivity index (χ4n) is 3.41. The maximum atomic E-state index is 9.77. The lowest BCUT2D eigenvalue weighted by atomic mass is 9.76. The number of hydrogen-bond donors (Lipinski definition) is 2. The molecule has 0 spiro atoms. The third-order valence-corrected chi connectivity index (χ3v) is 4.60. The lowest BCUT2D eigenvalue weighted by Crippen LogP contribution is -2.44. The van der Waals surface area contributed by atoms with Crippen LogP contribution < -0.4 is 5.32 Å². The van der Waals surface area contributed by atoms with Crippen LogP contribution in [0.25, 0.3) is 0 Å². The zero-order valence-electron chi connectivity index (χ0n) is 12.8. The lowest BCUT2D eigenvalue weighted by molar-refractivity contribution is 0.232. The van der Waals surface area contributed by atoms with Crippen molar-refractivity contribution >= 4 is 0 Å². The van der Waals surface area contributed by atoms with Gasteiger partial charge in [-0.25, -0.2) is 0 Å². The van der Waals surface area contributed by atoms with Gasteiger partial charge in [-0.15, -0.1) is 0 Å². The molecule has 1 aliphatic rings. The van der Waals surface area contributed by atoms with Crippen LogP contribution in [0.5, 0.6) is 5.75 Å². The minimum Gasteiger partial charge on any atom is -0.508 e. The third kappa shape index (κ3) is 3.99. The van der Waals surface area contributed by atoms with Crippen LogP contribution in [0.4, 0.5) is 0 Å². The summed E-state index contributed by atoms with van der Waals surface area (Å²) in [5.74, 6) is 0.389. The number of phenols is 1. The van der Waals surface area contributed by atoms with Crippen LogP contribution in [-0.4, -0.2) is 11.7 Å². The summed E-state index contributed by atoms with van der Waals surface area (Å²) in [6.45, 7) is 3.35. The van der Waals surface area contributed by atoms with Crippen LogP contribution in [0, 0.1) is 0 Å². The van der Waals surface area contributed by atoms with Crippen LogP contribution in [0.2, 0.25) is 0 Å². The predicted molar refractivity (Wildman–Crippen MR) is 85.0 cm³/mol. The molecular formula is C18H29NO. The van der Waals surface area contributed by atoms with Gasteiger partial charge >= 0.3 is 0 Å². The first-order valence-corrected chi connectivity index (χ1v) is 8.31. The minimum absolute atomic E-state index is 0.100. The number of nitrogens with one attached hydrogen (secondary N) is 1. The summed E-state index contributed by atoms with van der Waals surface area (Å²) in [7, 11) is 0. The molecule has 0 atom stereocenters. The predicted octanol–water partition coefficient (Wildman–Crippen LogP) is 4.72. The van der Waals surface area contributed by atoms with E-state index in [-0.39, 0.29) is 5.54 Å². The van der Waals surface area contributed by atoms with E-state index in [1.165, 1.54) is 63.4 Å². The summed E-state index contributed by atoms with van der Waals surface area (Å²) in [5, 5.41) is 13.6. The number of hydrogen-bond acceptors (Lipinski definition) is 2. The Labute approximate surface area is 123 Å². The van der Waals surface area contributed by atoms with E-state index in [4.69, 9.17) is 0 Å². The zero-order chi connectivity index (χ0) is 14.3. The van der Waals surface area contributed by atoms with Gasteiger partial charge in [-0.3, -0.25) is 0 Å². The maximum absolute atomic E-state index is 9.77. The molecule has 20 heavy (non-hydrogen) atoms. The van der Waals surface area contributed by atoms with Crippen LogP contribution >= 0.6 is 0 Å². The normalized spacial score (nSPS) is 18.1. The molecule has 0 heterocycles. The highest BCUT2D eigenvalue weighted by atomic mass is 16.3. The summed E-state index contributed by atoms with van der Waals surface area (Å²) in [4.78, 5) is 0. The second kappa shape index (κ2) is 7.68. The lowest BCUT2D eigenvalue weighted by Gasteiger charge is -2.39. The largest absolute Gasteiger partial charge is 0.508 e. The van der Waals surface area contributed by atoms with Crippen LogP contribution in [-0.2, 0) is 5.54 Å². The molecule has 1 aromatic rings. The monoisotopic (exact) mass is 275 g/mol. The Hall–Kier alpha value is -1.02. The van der Waals surface area contributed by atoms with Crippen molar-refractivity contribution in [2.45, 2.75) is 70.3 Å². The summed E-state index contributed by atoms with van der Waals surface area (Å²) in [6.07, 6.45) is 11.5. The second-order valence-corrected chi connectivity index (χ2v) is 6.18. The molecule has 0 radical (unpaired) electrons. The standard InChI is InChI=1S/C18H29NO/c1-2-3-4-8-14-19-18(12-6-5-7-13-18)16-10-9-11-17(20)15-16/h9-11,15,19-20H,2-8,12-14H2,1H3. The Balaban J connectivity index is 2.01. The summed E-state index contributed by atoms with van der Waals surface area (Å²) < 4.78 is 0. The van der Waals surface area contributed by atoms with E-state index in [9.17, 15) is 5.11 Å². The quantitative estimate of drug-likeness (QED) is 0.706. The van der Waals surface area contributed by atoms with E-state index in [2.05, 4.69) is 18.3 Å². The highest BCUT2D eigenvalue weighted by Crippen LogP contribution is 2.38. The van der Waals surface area contributed by atoms with Crippen LogP contribution in [0.15, 0.2) is 24.3 Å². The van der Waals surface area contributed by atoms with Crippen molar-refractivity contribution in [2.24, 2.45) is 0 Å². The van der Waals surface area contributed by atoms with E-state index in [0.29, 0.717) is 5.75 Å². The zero-order valence-corrected chi connectivity index (χ0v) is 12.8. The fourth-order valence-corrected chi connectivity index (χ4v) is 3.41. The molecule has 0 aromatic heterocycles. The minimum atomic E-state index is 0.100. The Kier molecular flexibility index (Phi) is 5.90. The van der Waals surface area contributed by atoms with Gasteiger partial charge in [0.1, 0.15) is 5.75 Å². The smallest absolute Gasteiger partial charge is 0.115 e. The molecular weight excluding hydrogens is 246 g/mol. The first-order valence-electron chi connectivity index (χ1n) is 8.31. The summed E-state index contributed by atoms with van der Waals surface area (Å²) in [6, 6.07) is 7.86. The van der Waals surface area contributed by atoms with Crippen molar-refractivity contribution in [3.8, 4) is 5.75 Å². The molecule has 0 unspecified atom stereocenters. The molecule has 0 amide bonds. The summed E-state index contributed by atoms with van der Waals surface area (Å²) >= 11 is 0. The van der Waals surface area contributed by atoms with Crippen molar-refractivity contribution in [2.75, 3.05) is 6.54 Å². The van der Waals surface area contributed by atoms with Crippen molar-refractivity contribution in [3.05, 3.63) is 29.8 Å². The molecule has 2 nitrogen and oxygen atoms in total. The van der Waals surface area contributed by atoms with Crippen LogP contribution in [0.3, 0.4) is 0 Å². The average Bonchev–Trinajstić information content (AvgIpc) is 2.48. The van der Waals surface area contributed by atoms with E-state index in [1.807, 2.05) is 12.1 Å². The van der Waals surface area contributed by atoms with Gasteiger partial charge in [0.2, 0.25) is 0 Å². The van der Waals surface area contributed by atoms with E-state index >= 15 is 0 Å². The number of phenolic OH excluding ortho intramolecular Hbond substituents is 1. The molecule has 1 aromatic carbocycles. The van der Waals surface area contributed by atoms with Gasteiger partial charge in [0.05, 0.1) is 0 Å². The molecule has 0 aliphatic heterocycles. The maximum Gasteiger partial charge on any atom is 0.115 e. The van der Waals surface area contributed by atoms with Gasteiger partial charge in [0, 0.05) is 5.54 Å². The molecule has 2 N–H and O–H groups in total. The topological polar surface area (TPSA) is 32.3 Å². The molecule has 2 rings (SSSR count). The van der Waals surface area contributed by atoms with E-state index < -0.39 is 0 Å². The molecule has 0 saturated heterocycles. The SMILES string of the molecule is CCCCCCNC1(c2cccc(O)c2)CCCCC1. The highest BCUT2D eigenvalue weighted by Gasteiger charge is 2.33. The van der Waals surface area contributed by atoms with Gasteiger partial charge in [0.15, 0.2) is 0 Å². The van der Waals surface area contributed by atoms with Crippen molar-refractivity contribution in [1.29, 1.82) is 0 Å². The molecule has 1 aliphatic carbocycles. The summed E-state index contributed by atoms with van der Waals surface area (Å²) in [5.41, 5.74) is 1.37. The molecule has 0 bridgehead atoms. The van der Waals surface area contributed by atoms with Gasteiger partial charge in [-0.05, 0) is 43.5 Å². The third-order valence-electron chi connectivity index (χ3n) is 4.60. The Bertz CT molecular complexity index is 396. The Morgan fingerprint density at radius 3 is 2.60 bits per heavy atom. The highest BCUT2D eigenvalue weighted by molar-refractivity contribution is 5.33. The molecule has 1 saturated carbocycles. The fraction of sp³-hybridized carbons (Fsp3) is 0.667. The number of benzene rings is 1. The molecule has 2 heteroatoms. The van der Waals surface area contributed by atoms with E-state index in [1.54, 1.807) is 6.07 Å². The van der Waals surface area contributed by atoms with Gasteiger partial charge in [-0.2, -0.15) is 0 Å². The first-order chi connectivity index (χ1) is 9.77. The second-order valence-electron chi connectivity index (χ2n) is 6.18. The van der Waals surface area contributed by atoms with Crippen molar-refractivity contribution in [3.63, 3.8) is 0 Å².